The third-order valence-corrected chi connectivity index (χ3v) is 4.68. The van der Waals surface area contributed by atoms with Gasteiger partial charge in [0.25, 0.3) is 5.91 Å². The normalized spacial score (nSPS) is 14.9. The number of amides is 1. The minimum Gasteiger partial charge on any atom is -0.378 e. The average Bonchev–Trinajstić information content (AvgIpc) is 2.88. The zero-order chi connectivity index (χ0) is 15.5. The lowest BCUT2D eigenvalue weighted by atomic mass is 10.2. The molecule has 22 heavy (non-hydrogen) atoms. The van der Waals surface area contributed by atoms with Gasteiger partial charge in [-0.2, -0.15) is 0 Å². The number of nitrogens with one attached hydrogen (secondary N) is 1. The molecule has 1 aromatic carbocycles. The summed E-state index contributed by atoms with van der Waals surface area (Å²) in [6, 6.07) is 7.94. The summed E-state index contributed by atoms with van der Waals surface area (Å²) in [4.78, 5) is 19.5. The number of aromatic nitrogens is 1. The van der Waals surface area contributed by atoms with Crippen molar-refractivity contribution in [1.29, 1.82) is 0 Å². The van der Waals surface area contributed by atoms with Crippen molar-refractivity contribution in [3.8, 4) is 0 Å². The Morgan fingerprint density at radius 1 is 1.23 bits per heavy atom. The van der Waals surface area contributed by atoms with Crippen LogP contribution in [-0.2, 0) is 4.74 Å². The Morgan fingerprint density at radius 2 is 1.91 bits per heavy atom. The number of morpholine rings is 1. The molecule has 1 aliphatic rings. The number of ether oxygens (including phenoxy) is 1. The smallest absolute Gasteiger partial charge is 0.267 e. The summed E-state index contributed by atoms with van der Waals surface area (Å²) < 4.78 is 5.36. The third-order valence-electron chi connectivity index (χ3n) is 3.61. The summed E-state index contributed by atoms with van der Waals surface area (Å²) in [5.74, 6) is -0.0952. The van der Waals surface area contributed by atoms with E-state index in [2.05, 4.69) is 15.2 Å². The van der Waals surface area contributed by atoms with Gasteiger partial charge in [-0.15, -0.1) is 11.3 Å². The first-order valence-corrected chi connectivity index (χ1v) is 8.13. The molecule has 0 spiro atoms. The van der Waals surface area contributed by atoms with Gasteiger partial charge in [-0.1, -0.05) is 0 Å². The van der Waals surface area contributed by atoms with E-state index in [0.717, 1.165) is 48.4 Å². The number of carbonyl (C=O) groups is 1. The van der Waals surface area contributed by atoms with Crippen molar-refractivity contribution in [2.75, 3.05) is 36.5 Å². The first-order chi connectivity index (χ1) is 10.6. The molecular weight excluding hydrogens is 298 g/mol. The number of nitrogens with zero attached hydrogens (tertiary/aromatic N) is 2. The molecule has 6 heteroatoms. The van der Waals surface area contributed by atoms with Gasteiger partial charge in [0.05, 0.1) is 23.9 Å². The van der Waals surface area contributed by atoms with Crippen LogP contribution in [0.2, 0.25) is 0 Å². The summed E-state index contributed by atoms with van der Waals surface area (Å²) in [6.07, 6.45) is 0. The van der Waals surface area contributed by atoms with Crippen LogP contribution in [0.4, 0.5) is 11.4 Å². The van der Waals surface area contributed by atoms with E-state index in [9.17, 15) is 4.79 Å². The Hall–Kier alpha value is -1.92. The minimum atomic E-state index is -0.0952. The van der Waals surface area contributed by atoms with Gasteiger partial charge in [0, 0.05) is 24.5 Å². The zero-order valence-electron chi connectivity index (χ0n) is 12.8. The predicted octanol–water partition coefficient (Wildman–Crippen LogP) is 2.85. The zero-order valence-corrected chi connectivity index (χ0v) is 13.6. The standard InChI is InChI=1S/C16H19N3O2S/c1-11-15(22-12(2)17-11)16(20)18-13-3-5-14(6-4-13)19-7-9-21-10-8-19/h3-6H,7-10H2,1-2H3,(H,18,20). The molecule has 1 fully saturated rings. The van der Waals surface area contributed by atoms with Crippen molar-refractivity contribution in [2.45, 2.75) is 13.8 Å². The van der Waals surface area contributed by atoms with Gasteiger partial charge in [-0.3, -0.25) is 4.79 Å². The summed E-state index contributed by atoms with van der Waals surface area (Å²) in [6.45, 7) is 7.12. The highest BCUT2D eigenvalue weighted by Gasteiger charge is 2.14. The second-order valence-corrected chi connectivity index (χ2v) is 6.45. The molecule has 1 aliphatic heterocycles. The molecule has 1 aromatic heterocycles. The molecule has 0 saturated carbocycles. The quantitative estimate of drug-likeness (QED) is 0.946. The Morgan fingerprint density at radius 3 is 2.50 bits per heavy atom. The van der Waals surface area contributed by atoms with Gasteiger partial charge >= 0.3 is 0 Å². The molecule has 5 nitrogen and oxygen atoms in total. The van der Waals surface area contributed by atoms with Crippen molar-refractivity contribution in [3.63, 3.8) is 0 Å². The number of thiazole rings is 1. The Labute approximate surface area is 133 Å². The molecule has 0 radical (unpaired) electrons. The molecule has 1 amide bonds. The second kappa shape index (κ2) is 6.46. The summed E-state index contributed by atoms with van der Waals surface area (Å²) in [7, 11) is 0. The van der Waals surface area contributed by atoms with Gasteiger partial charge in [-0.25, -0.2) is 4.98 Å². The number of benzene rings is 1. The van der Waals surface area contributed by atoms with E-state index < -0.39 is 0 Å². The van der Waals surface area contributed by atoms with Crippen molar-refractivity contribution >= 4 is 28.6 Å². The maximum absolute atomic E-state index is 12.3. The number of anilines is 2. The highest BCUT2D eigenvalue weighted by Crippen LogP contribution is 2.22. The summed E-state index contributed by atoms with van der Waals surface area (Å²) in [5.41, 5.74) is 2.74. The molecule has 0 atom stereocenters. The molecular formula is C16H19N3O2S. The molecule has 0 unspecified atom stereocenters. The minimum absolute atomic E-state index is 0.0952. The molecule has 0 bridgehead atoms. The van der Waals surface area contributed by atoms with E-state index in [1.54, 1.807) is 0 Å². The van der Waals surface area contributed by atoms with E-state index in [1.807, 2.05) is 38.1 Å². The lowest BCUT2D eigenvalue weighted by molar-refractivity contribution is 0.103. The van der Waals surface area contributed by atoms with Crippen LogP contribution in [-0.4, -0.2) is 37.2 Å². The van der Waals surface area contributed by atoms with Crippen LogP contribution >= 0.6 is 11.3 Å². The first-order valence-electron chi connectivity index (χ1n) is 7.31. The van der Waals surface area contributed by atoms with Gasteiger partial charge in [0.15, 0.2) is 0 Å². The fourth-order valence-electron chi connectivity index (χ4n) is 2.51. The Bertz CT molecular complexity index is 661. The maximum Gasteiger partial charge on any atom is 0.267 e. The average molecular weight is 317 g/mol. The highest BCUT2D eigenvalue weighted by molar-refractivity contribution is 7.13. The highest BCUT2D eigenvalue weighted by atomic mass is 32.1. The lowest BCUT2D eigenvalue weighted by Gasteiger charge is -2.28. The van der Waals surface area contributed by atoms with Gasteiger partial charge in [0.1, 0.15) is 4.88 Å². The fourth-order valence-corrected chi connectivity index (χ4v) is 3.32. The maximum atomic E-state index is 12.3. The molecule has 0 aliphatic carbocycles. The predicted molar refractivity (Wildman–Crippen MR) is 89.0 cm³/mol. The van der Waals surface area contributed by atoms with E-state index >= 15 is 0 Å². The van der Waals surface area contributed by atoms with Crippen LogP contribution in [0.5, 0.6) is 0 Å². The van der Waals surface area contributed by atoms with Gasteiger partial charge in [0.2, 0.25) is 0 Å². The summed E-state index contributed by atoms with van der Waals surface area (Å²) >= 11 is 1.42. The van der Waals surface area contributed by atoms with Crippen LogP contribution in [0.3, 0.4) is 0 Å². The van der Waals surface area contributed by atoms with E-state index in [0.29, 0.717) is 4.88 Å². The van der Waals surface area contributed by atoms with Crippen LogP contribution in [0.25, 0.3) is 0 Å². The lowest BCUT2D eigenvalue weighted by Crippen LogP contribution is -2.36. The topological polar surface area (TPSA) is 54.5 Å². The SMILES string of the molecule is Cc1nc(C)c(C(=O)Nc2ccc(N3CCOCC3)cc2)s1. The van der Waals surface area contributed by atoms with Crippen LogP contribution in [0.1, 0.15) is 20.4 Å². The molecule has 1 N–H and O–H groups in total. The number of aryl methyl sites for hydroxylation is 2. The largest absolute Gasteiger partial charge is 0.378 e. The molecule has 2 aromatic rings. The van der Waals surface area contributed by atoms with Crippen LogP contribution < -0.4 is 10.2 Å². The van der Waals surface area contributed by atoms with Gasteiger partial charge < -0.3 is 15.0 Å². The van der Waals surface area contributed by atoms with Crippen LogP contribution in [0, 0.1) is 13.8 Å². The van der Waals surface area contributed by atoms with Gasteiger partial charge in [-0.05, 0) is 38.1 Å². The monoisotopic (exact) mass is 317 g/mol. The van der Waals surface area contributed by atoms with E-state index in [4.69, 9.17) is 4.74 Å². The molecule has 2 heterocycles. The number of hydrogen-bond donors (Lipinski definition) is 1. The fraction of sp³-hybridized carbons (Fsp3) is 0.375. The Balaban J connectivity index is 1.68. The van der Waals surface area contributed by atoms with Crippen molar-refractivity contribution < 1.29 is 9.53 Å². The van der Waals surface area contributed by atoms with Crippen molar-refractivity contribution in [1.82, 2.24) is 4.98 Å². The van der Waals surface area contributed by atoms with E-state index in [1.165, 1.54) is 11.3 Å². The van der Waals surface area contributed by atoms with Crippen molar-refractivity contribution in [3.05, 3.63) is 39.8 Å². The molecule has 116 valence electrons. The second-order valence-electron chi connectivity index (χ2n) is 5.25. The van der Waals surface area contributed by atoms with E-state index in [-0.39, 0.29) is 5.91 Å². The third kappa shape index (κ3) is 3.28. The molecule has 3 rings (SSSR count). The first kappa shape index (κ1) is 15.0. The number of rotatable bonds is 3. The molecule has 1 saturated heterocycles. The number of hydrogen-bond acceptors (Lipinski definition) is 5. The Kier molecular flexibility index (Phi) is 4.40. The van der Waals surface area contributed by atoms with Crippen LogP contribution in [0.15, 0.2) is 24.3 Å². The number of carbonyl (C=O) groups excluding carboxylic acids is 1. The van der Waals surface area contributed by atoms with Crippen molar-refractivity contribution in [2.24, 2.45) is 0 Å². The summed E-state index contributed by atoms with van der Waals surface area (Å²) in [5, 5.41) is 3.84.